The minimum Gasteiger partial charge on any atom is -0.504 e. The molecule has 1 aromatic heterocycles. The maximum atomic E-state index is 12.5. The van der Waals surface area contributed by atoms with Crippen molar-refractivity contribution in [3.63, 3.8) is 0 Å². The zero-order valence-electron chi connectivity index (χ0n) is 19.9. The standard InChI is InChI=1S/C27H29N5O4/c1-2-23(34)31-14-11-17(12-15-31)20-10-13-29-27-24(26(28)35)25(30-32(20)27)18-8-9-22(21(33)16-18)36-19-6-4-3-5-7-19/h2-9,16-17,20,29,33H,1,10-15H2,(H2,28,35). The molecular formula is C27H29N5O4. The predicted molar refractivity (Wildman–Crippen MR) is 136 cm³/mol. The number of hydrogen-bond donors (Lipinski definition) is 3. The lowest BCUT2D eigenvalue weighted by molar-refractivity contribution is -0.127. The van der Waals surface area contributed by atoms with Crippen LogP contribution in [0, 0.1) is 5.92 Å². The van der Waals surface area contributed by atoms with Crippen molar-refractivity contribution in [3.05, 3.63) is 66.7 Å². The minimum atomic E-state index is -0.588. The predicted octanol–water partition coefficient (Wildman–Crippen LogP) is 3.93. The molecule has 2 amide bonds. The fraction of sp³-hybridized carbons (Fsp3) is 0.296. The molecule has 3 aromatic rings. The fourth-order valence-electron chi connectivity index (χ4n) is 5.18. The Balaban J connectivity index is 1.45. The van der Waals surface area contributed by atoms with Crippen molar-refractivity contribution < 1.29 is 19.4 Å². The highest BCUT2D eigenvalue weighted by atomic mass is 16.5. The van der Waals surface area contributed by atoms with Crippen LogP contribution in [0.2, 0.25) is 0 Å². The Morgan fingerprint density at radius 3 is 2.56 bits per heavy atom. The first kappa shape index (κ1) is 23.5. The number of benzene rings is 2. The van der Waals surface area contributed by atoms with Gasteiger partial charge in [-0.2, -0.15) is 5.10 Å². The first-order chi connectivity index (χ1) is 17.5. The van der Waals surface area contributed by atoms with Gasteiger partial charge in [0.15, 0.2) is 11.5 Å². The Morgan fingerprint density at radius 1 is 1.14 bits per heavy atom. The highest BCUT2D eigenvalue weighted by molar-refractivity contribution is 6.04. The number of phenolic OH excluding ortho intramolecular Hbond substituents is 1. The third kappa shape index (κ3) is 4.39. The number of ether oxygens (including phenoxy) is 1. The van der Waals surface area contributed by atoms with Gasteiger partial charge in [0, 0.05) is 25.2 Å². The number of likely N-dealkylation sites (tertiary alicyclic amines) is 1. The Hall–Kier alpha value is -4.27. The van der Waals surface area contributed by atoms with E-state index in [1.165, 1.54) is 12.1 Å². The number of nitrogens with one attached hydrogen (secondary N) is 1. The van der Waals surface area contributed by atoms with Gasteiger partial charge >= 0.3 is 0 Å². The van der Waals surface area contributed by atoms with Crippen LogP contribution in [0.5, 0.6) is 17.2 Å². The molecule has 2 aliphatic rings. The minimum absolute atomic E-state index is 0.0451. The van der Waals surface area contributed by atoms with Gasteiger partial charge in [0.2, 0.25) is 5.91 Å². The lowest BCUT2D eigenvalue weighted by Gasteiger charge is -2.38. The number of piperidine rings is 1. The first-order valence-electron chi connectivity index (χ1n) is 12.1. The smallest absolute Gasteiger partial charge is 0.254 e. The highest BCUT2D eigenvalue weighted by Gasteiger charge is 2.35. The molecule has 186 valence electrons. The van der Waals surface area contributed by atoms with Gasteiger partial charge in [0.05, 0.1) is 6.04 Å². The number of rotatable bonds is 6. The van der Waals surface area contributed by atoms with E-state index in [0.717, 1.165) is 19.3 Å². The topological polar surface area (TPSA) is 123 Å². The maximum Gasteiger partial charge on any atom is 0.254 e. The summed E-state index contributed by atoms with van der Waals surface area (Å²) >= 11 is 0. The second-order valence-electron chi connectivity index (χ2n) is 9.13. The van der Waals surface area contributed by atoms with E-state index < -0.39 is 5.91 Å². The quantitative estimate of drug-likeness (QED) is 0.453. The van der Waals surface area contributed by atoms with Crippen molar-refractivity contribution in [1.29, 1.82) is 0 Å². The average Bonchev–Trinajstić information content (AvgIpc) is 3.30. The van der Waals surface area contributed by atoms with E-state index in [1.54, 1.807) is 24.3 Å². The van der Waals surface area contributed by atoms with Crippen molar-refractivity contribution >= 4 is 17.6 Å². The van der Waals surface area contributed by atoms with Crippen LogP contribution < -0.4 is 15.8 Å². The maximum absolute atomic E-state index is 12.5. The number of nitrogens with zero attached hydrogens (tertiary/aromatic N) is 3. The van der Waals surface area contributed by atoms with Crippen molar-refractivity contribution in [3.8, 4) is 28.5 Å². The van der Waals surface area contributed by atoms with E-state index >= 15 is 0 Å². The summed E-state index contributed by atoms with van der Waals surface area (Å²) in [6.07, 6.45) is 3.89. The third-order valence-electron chi connectivity index (χ3n) is 6.98. The van der Waals surface area contributed by atoms with Crippen LogP contribution in [0.4, 0.5) is 5.82 Å². The largest absolute Gasteiger partial charge is 0.504 e. The molecule has 2 aliphatic heterocycles. The number of fused-ring (bicyclic) bond motifs is 1. The summed E-state index contributed by atoms with van der Waals surface area (Å²) < 4.78 is 7.65. The number of hydrogen-bond acceptors (Lipinski definition) is 6. The molecule has 9 heteroatoms. The third-order valence-corrected chi connectivity index (χ3v) is 6.98. The van der Waals surface area contributed by atoms with Gasteiger partial charge < -0.3 is 25.8 Å². The number of aromatic nitrogens is 2. The number of phenols is 1. The number of anilines is 1. The van der Waals surface area contributed by atoms with Gasteiger partial charge in [-0.25, -0.2) is 4.68 Å². The lowest BCUT2D eigenvalue weighted by atomic mass is 9.87. The highest BCUT2D eigenvalue weighted by Crippen LogP contribution is 2.41. The van der Waals surface area contributed by atoms with Crippen LogP contribution in [0.25, 0.3) is 11.3 Å². The van der Waals surface area contributed by atoms with Crippen LogP contribution in [0.1, 0.15) is 35.7 Å². The molecule has 0 saturated carbocycles. The van der Waals surface area contributed by atoms with E-state index in [-0.39, 0.29) is 17.7 Å². The average molecular weight is 488 g/mol. The molecular weight excluding hydrogens is 458 g/mol. The van der Waals surface area contributed by atoms with Gasteiger partial charge in [0.25, 0.3) is 5.91 Å². The van der Waals surface area contributed by atoms with Crippen LogP contribution in [0.3, 0.4) is 0 Å². The number of para-hydroxylation sites is 1. The van der Waals surface area contributed by atoms with E-state index in [0.29, 0.717) is 59.7 Å². The second kappa shape index (κ2) is 9.77. The number of amides is 2. The zero-order chi connectivity index (χ0) is 25.2. The van der Waals surface area contributed by atoms with Gasteiger partial charge in [0.1, 0.15) is 22.8 Å². The molecule has 0 radical (unpaired) electrons. The molecule has 2 aromatic carbocycles. The fourth-order valence-corrected chi connectivity index (χ4v) is 5.18. The Labute approximate surface area is 209 Å². The zero-order valence-corrected chi connectivity index (χ0v) is 19.9. The van der Waals surface area contributed by atoms with Crippen LogP contribution in [-0.2, 0) is 4.79 Å². The molecule has 5 rings (SSSR count). The summed E-state index contributed by atoms with van der Waals surface area (Å²) in [4.78, 5) is 26.3. The molecule has 0 aliphatic carbocycles. The van der Waals surface area contributed by atoms with Crippen LogP contribution in [0.15, 0.2) is 61.2 Å². The SMILES string of the molecule is C=CC(=O)N1CCC(C2CCNc3c(C(N)=O)c(-c4ccc(Oc5ccccc5)c(O)c4)nn32)CC1. The van der Waals surface area contributed by atoms with Crippen molar-refractivity contribution in [2.45, 2.75) is 25.3 Å². The summed E-state index contributed by atoms with van der Waals surface area (Å²) in [5.74, 6) is 1.11. The summed E-state index contributed by atoms with van der Waals surface area (Å²) in [5, 5.41) is 18.8. The molecule has 36 heavy (non-hydrogen) atoms. The number of carbonyl (C=O) groups is 2. The summed E-state index contributed by atoms with van der Waals surface area (Å²) in [6, 6.07) is 14.2. The summed E-state index contributed by atoms with van der Waals surface area (Å²) in [5.41, 5.74) is 7.09. The normalized spacial score (nSPS) is 17.7. The molecule has 1 atom stereocenters. The number of carbonyl (C=O) groups excluding carboxylic acids is 2. The van der Waals surface area contributed by atoms with E-state index in [4.69, 9.17) is 15.6 Å². The summed E-state index contributed by atoms with van der Waals surface area (Å²) in [7, 11) is 0. The number of nitrogens with two attached hydrogens (primary N) is 1. The summed E-state index contributed by atoms with van der Waals surface area (Å²) in [6.45, 7) is 5.61. The Kier molecular flexibility index (Phi) is 6.37. The van der Waals surface area contributed by atoms with Gasteiger partial charge in [-0.15, -0.1) is 0 Å². The Morgan fingerprint density at radius 2 is 1.89 bits per heavy atom. The molecule has 1 fully saturated rings. The molecule has 3 heterocycles. The monoisotopic (exact) mass is 487 g/mol. The number of primary amides is 1. The molecule has 0 spiro atoms. The van der Waals surface area contributed by atoms with E-state index in [1.807, 2.05) is 27.8 Å². The second-order valence-corrected chi connectivity index (χ2v) is 9.13. The van der Waals surface area contributed by atoms with E-state index in [2.05, 4.69) is 11.9 Å². The molecule has 1 unspecified atom stereocenters. The molecule has 1 saturated heterocycles. The van der Waals surface area contributed by atoms with Gasteiger partial charge in [-0.05, 0) is 61.6 Å². The first-order valence-corrected chi connectivity index (χ1v) is 12.1. The molecule has 4 N–H and O–H groups in total. The number of aromatic hydroxyl groups is 1. The van der Waals surface area contributed by atoms with Gasteiger partial charge in [-0.3, -0.25) is 9.59 Å². The van der Waals surface area contributed by atoms with Crippen LogP contribution >= 0.6 is 0 Å². The van der Waals surface area contributed by atoms with Crippen LogP contribution in [-0.4, -0.2) is 51.2 Å². The van der Waals surface area contributed by atoms with Crippen molar-refractivity contribution in [1.82, 2.24) is 14.7 Å². The Bertz CT molecular complexity index is 1290. The van der Waals surface area contributed by atoms with E-state index in [9.17, 15) is 14.7 Å². The van der Waals surface area contributed by atoms with Crippen molar-refractivity contribution in [2.24, 2.45) is 11.7 Å². The molecule has 9 nitrogen and oxygen atoms in total. The molecule has 0 bridgehead atoms. The lowest BCUT2D eigenvalue weighted by Crippen LogP contribution is -2.41. The van der Waals surface area contributed by atoms with Gasteiger partial charge in [-0.1, -0.05) is 24.8 Å². The van der Waals surface area contributed by atoms with Crippen molar-refractivity contribution in [2.75, 3.05) is 25.0 Å².